The molecule has 0 atom stereocenters. The predicted molar refractivity (Wildman–Crippen MR) is 60.3 cm³/mol. The molecule has 0 amide bonds. The van der Waals surface area contributed by atoms with Gasteiger partial charge in [0.15, 0.2) is 5.03 Å². The van der Waals surface area contributed by atoms with Gasteiger partial charge in [0.1, 0.15) is 0 Å². The Hall–Kier alpha value is -0.660. The molecule has 1 saturated heterocycles. The van der Waals surface area contributed by atoms with Crippen LogP contribution >= 0.6 is 11.8 Å². The first-order valence-electron chi connectivity index (χ1n) is 4.81. The van der Waals surface area contributed by atoms with E-state index >= 15 is 0 Å². The van der Waals surface area contributed by atoms with E-state index in [2.05, 4.69) is 4.98 Å². The van der Waals surface area contributed by atoms with Crippen LogP contribution in [0.1, 0.15) is 0 Å². The minimum atomic E-state index is -3.62. The first kappa shape index (κ1) is 11.8. The highest BCUT2D eigenvalue weighted by Crippen LogP contribution is 2.18. The molecule has 0 bridgehead atoms. The molecule has 16 heavy (non-hydrogen) atoms. The molecule has 4 nitrogen and oxygen atoms in total. The van der Waals surface area contributed by atoms with Crippen molar-refractivity contribution >= 4 is 21.8 Å². The minimum Gasteiger partial charge on any atom is -0.206 e. The van der Waals surface area contributed by atoms with Gasteiger partial charge in [0, 0.05) is 24.6 Å². The fraction of sp³-hybridized carbons (Fsp3) is 0.444. The average molecular weight is 262 g/mol. The highest BCUT2D eigenvalue weighted by Gasteiger charge is 2.27. The number of pyridine rings is 1. The summed E-state index contributed by atoms with van der Waals surface area (Å²) in [6, 6.07) is 3.80. The Morgan fingerprint density at radius 3 is 2.62 bits per heavy atom. The van der Waals surface area contributed by atoms with E-state index in [1.165, 1.54) is 16.4 Å². The van der Waals surface area contributed by atoms with Crippen molar-refractivity contribution in [1.82, 2.24) is 9.29 Å². The summed E-state index contributed by atoms with van der Waals surface area (Å²) in [7, 11) is -3.62. The fourth-order valence-corrected chi connectivity index (χ4v) is 3.97. The molecule has 1 aromatic rings. The first-order chi connectivity index (χ1) is 7.60. The van der Waals surface area contributed by atoms with Crippen LogP contribution in [0.4, 0.5) is 4.39 Å². The second-order valence-electron chi connectivity index (χ2n) is 3.32. The van der Waals surface area contributed by atoms with Gasteiger partial charge in [-0.2, -0.15) is 20.5 Å². The third-order valence-electron chi connectivity index (χ3n) is 2.26. The average Bonchev–Trinajstić information content (AvgIpc) is 2.30. The van der Waals surface area contributed by atoms with Gasteiger partial charge in [-0.25, -0.2) is 13.4 Å². The van der Waals surface area contributed by atoms with Crippen molar-refractivity contribution in [2.24, 2.45) is 0 Å². The van der Waals surface area contributed by atoms with E-state index in [0.29, 0.717) is 13.1 Å². The van der Waals surface area contributed by atoms with E-state index < -0.39 is 16.0 Å². The number of hydrogen-bond acceptors (Lipinski definition) is 4. The summed E-state index contributed by atoms with van der Waals surface area (Å²) in [5, 5.41) is -0.209. The normalized spacial score (nSPS) is 18.6. The molecular formula is C9H11FN2O2S2. The lowest BCUT2D eigenvalue weighted by Gasteiger charge is -2.24. The molecule has 1 aromatic heterocycles. The smallest absolute Gasteiger partial charge is 0.206 e. The van der Waals surface area contributed by atoms with Crippen LogP contribution in [-0.4, -0.2) is 42.3 Å². The third kappa shape index (κ3) is 2.36. The quantitative estimate of drug-likeness (QED) is 0.745. The van der Waals surface area contributed by atoms with Gasteiger partial charge in [-0.3, -0.25) is 0 Å². The molecule has 7 heteroatoms. The summed E-state index contributed by atoms with van der Waals surface area (Å²) in [5.74, 6) is 0.774. The van der Waals surface area contributed by atoms with Gasteiger partial charge in [-0.05, 0) is 12.1 Å². The van der Waals surface area contributed by atoms with Crippen LogP contribution in [0.3, 0.4) is 0 Å². The number of rotatable bonds is 2. The topological polar surface area (TPSA) is 50.3 Å². The molecule has 0 saturated carbocycles. The van der Waals surface area contributed by atoms with Gasteiger partial charge in [0.25, 0.3) is 10.0 Å². The van der Waals surface area contributed by atoms with Gasteiger partial charge in [-0.1, -0.05) is 6.07 Å². The van der Waals surface area contributed by atoms with Crippen molar-refractivity contribution in [2.75, 3.05) is 24.6 Å². The number of hydrogen-bond donors (Lipinski definition) is 0. The SMILES string of the molecule is O=S(=O)(c1cccc(F)n1)N1CCSCC1. The number of nitrogens with zero attached hydrogens (tertiary/aromatic N) is 2. The molecule has 0 spiro atoms. The lowest BCUT2D eigenvalue weighted by molar-refractivity contribution is 0.438. The van der Waals surface area contributed by atoms with Gasteiger partial charge in [0.2, 0.25) is 5.95 Å². The fourth-order valence-electron chi connectivity index (χ4n) is 1.45. The van der Waals surface area contributed by atoms with Crippen LogP contribution in [0.5, 0.6) is 0 Å². The monoisotopic (exact) mass is 262 g/mol. The molecule has 2 heterocycles. The Morgan fingerprint density at radius 1 is 1.31 bits per heavy atom. The maximum atomic E-state index is 12.9. The van der Waals surface area contributed by atoms with Crippen molar-refractivity contribution in [3.8, 4) is 0 Å². The Bertz CT molecular complexity index is 472. The zero-order valence-corrected chi connectivity index (χ0v) is 10.1. The summed E-state index contributed by atoms with van der Waals surface area (Å²) in [6.07, 6.45) is 0. The van der Waals surface area contributed by atoms with Gasteiger partial charge in [-0.15, -0.1) is 0 Å². The van der Waals surface area contributed by atoms with Crippen molar-refractivity contribution < 1.29 is 12.8 Å². The number of sulfonamides is 1. The van der Waals surface area contributed by atoms with Gasteiger partial charge < -0.3 is 0 Å². The van der Waals surface area contributed by atoms with Crippen molar-refractivity contribution in [1.29, 1.82) is 0 Å². The Labute approximate surface area is 97.9 Å². The molecule has 0 aliphatic carbocycles. The van der Waals surface area contributed by atoms with E-state index in [4.69, 9.17) is 0 Å². The van der Waals surface area contributed by atoms with Crippen LogP contribution in [0, 0.1) is 5.95 Å². The molecule has 0 radical (unpaired) electrons. The molecule has 2 rings (SSSR count). The molecule has 1 fully saturated rings. The van der Waals surface area contributed by atoms with E-state index in [0.717, 1.165) is 17.6 Å². The van der Waals surface area contributed by atoms with E-state index in [-0.39, 0.29) is 5.03 Å². The van der Waals surface area contributed by atoms with Crippen LogP contribution in [0.2, 0.25) is 0 Å². The minimum absolute atomic E-state index is 0.209. The molecule has 1 aliphatic rings. The van der Waals surface area contributed by atoms with Crippen molar-refractivity contribution in [3.05, 3.63) is 24.1 Å². The second-order valence-corrected chi connectivity index (χ2v) is 6.42. The second kappa shape index (κ2) is 4.68. The summed E-state index contributed by atoms with van der Waals surface area (Å²) < 4.78 is 38.3. The molecule has 1 aliphatic heterocycles. The van der Waals surface area contributed by atoms with Crippen molar-refractivity contribution in [3.63, 3.8) is 0 Å². The van der Waals surface area contributed by atoms with E-state index in [9.17, 15) is 12.8 Å². The molecule has 0 unspecified atom stereocenters. The summed E-state index contributed by atoms with van der Waals surface area (Å²) in [5.41, 5.74) is 0. The molecule has 88 valence electrons. The van der Waals surface area contributed by atoms with E-state index in [1.54, 1.807) is 11.8 Å². The predicted octanol–water partition coefficient (Wildman–Crippen LogP) is 0.958. The zero-order chi connectivity index (χ0) is 11.6. The highest BCUT2D eigenvalue weighted by molar-refractivity contribution is 7.99. The highest BCUT2D eigenvalue weighted by atomic mass is 32.2. The van der Waals surface area contributed by atoms with Crippen molar-refractivity contribution in [2.45, 2.75) is 5.03 Å². The summed E-state index contributed by atoms with van der Waals surface area (Å²) in [6.45, 7) is 0.927. The lowest BCUT2D eigenvalue weighted by Crippen LogP contribution is -2.38. The van der Waals surface area contributed by atoms with Gasteiger partial charge in [0.05, 0.1) is 0 Å². The maximum absolute atomic E-state index is 12.9. The molecular weight excluding hydrogens is 251 g/mol. The summed E-state index contributed by atoms with van der Waals surface area (Å²) >= 11 is 1.71. The maximum Gasteiger partial charge on any atom is 0.260 e. The standard InChI is InChI=1S/C9H11FN2O2S2/c10-8-2-1-3-9(11-8)16(13,14)12-4-6-15-7-5-12/h1-3H,4-7H2. The third-order valence-corrected chi connectivity index (χ3v) is 5.01. The Morgan fingerprint density at radius 2 is 2.00 bits per heavy atom. The summed E-state index contributed by atoms with van der Waals surface area (Å²) in [4.78, 5) is 3.42. The zero-order valence-electron chi connectivity index (χ0n) is 8.47. The van der Waals surface area contributed by atoms with Crippen LogP contribution < -0.4 is 0 Å². The first-order valence-corrected chi connectivity index (χ1v) is 7.40. The van der Waals surface area contributed by atoms with Crippen LogP contribution in [0.15, 0.2) is 23.2 Å². The number of thioether (sulfide) groups is 1. The van der Waals surface area contributed by atoms with Crippen LogP contribution in [0.25, 0.3) is 0 Å². The molecule has 0 N–H and O–H groups in total. The van der Waals surface area contributed by atoms with Crippen LogP contribution in [-0.2, 0) is 10.0 Å². The van der Waals surface area contributed by atoms with Gasteiger partial charge >= 0.3 is 0 Å². The lowest BCUT2D eigenvalue weighted by atomic mass is 10.5. The number of aromatic nitrogens is 1. The number of halogens is 1. The Balaban J connectivity index is 2.30. The molecule has 0 aromatic carbocycles. The largest absolute Gasteiger partial charge is 0.260 e. The van der Waals surface area contributed by atoms with E-state index in [1.807, 2.05) is 0 Å². The Kier molecular flexibility index (Phi) is 3.46.